The fourth-order valence-corrected chi connectivity index (χ4v) is 3.15. The first-order valence-corrected chi connectivity index (χ1v) is 8.72. The van der Waals surface area contributed by atoms with Crippen LogP contribution >= 0.6 is 15.9 Å². The summed E-state index contributed by atoms with van der Waals surface area (Å²) < 4.78 is 32.8. The molecule has 21 heavy (non-hydrogen) atoms. The van der Waals surface area contributed by atoms with Gasteiger partial charge >= 0.3 is 0 Å². The highest BCUT2D eigenvalue weighted by Gasteiger charge is 2.19. The zero-order valence-electron chi connectivity index (χ0n) is 11.5. The smallest absolute Gasteiger partial charge is 0.295 e. The molecule has 8 heteroatoms. The normalized spacial score (nSPS) is 11.5. The number of sulfonamides is 1. The molecule has 0 bridgehead atoms. The minimum atomic E-state index is -3.75. The van der Waals surface area contributed by atoms with Crippen LogP contribution in [0.1, 0.15) is 19.1 Å². The second kappa shape index (κ2) is 7.06. The molecule has 2 rings (SSSR count). The van der Waals surface area contributed by atoms with Crippen molar-refractivity contribution in [1.82, 2.24) is 10.3 Å². The molecule has 2 aromatic rings. The molecular weight excluding hydrogens is 358 g/mol. The van der Waals surface area contributed by atoms with Crippen LogP contribution in [0.4, 0.5) is 5.69 Å². The van der Waals surface area contributed by atoms with Gasteiger partial charge in [-0.1, -0.05) is 6.92 Å². The Hall–Kier alpha value is -1.38. The van der Waals surface area contributed by atoms with E-state index in [1.165, 1.54) is 18.5 Å². The summed E-state index contributed by atoms with van der Waals surface area (Å²) in [5.41, 5.74) is 0.409. The molecule has 0 aromatic carbocycles. The highest BCUT2D eigenvalue weighted by molar-refractivity contribution is 9.10. The molecule has 6 nitrogen and oxygen atoms in total. The highest BCUT2D eigenvalue weighted by Crippen LogP contribution is 2.24. The molecule has 0 saturated heterocycles. The maximum atomic E-state index is 12.2. The Bertz CT molecular complexity index is 700. The summed E-state index contributed by atoms with van der Waals surface area (Å²) in [6, 6.07) is 4.66. The molecule has 0 aliphatic rings. The van der Waals surface area contributed by atoms with Gasteiger partial charge in [-0.25, -0.2) is 0 Å². The molecule has 0 amide bonds. The van der Waals surface area contributed by atoms with Crippen LogP contribution in [0.2, 0.25) is 0 Å². The van der Waals surface area contributed by atoms with Crippen LogP contribution in [0.5, 0.6) is 0 Å². The number of hydrogen-bond donors (Lipinski definition) is 2. The van der Waals surface area contributed by atoms with Crippen LogP contribution in [0, 0.1) is 0 Å². The largest absolute Gasteiger partial charge is 0.446 e. The molecule has 2 heterocycles. The van der Waals surface area contributed by atoms with Gasteiger partial charge in [0.25, 0.3) is 10.0 Å². The molecule has 2 aromatic heterocycles. The van der Waals surface area contributed by atoms with Crippen LogP contribution in [0.15, 0.2) is 44.6 Å². The lowest BCUT2D eigenvalue weighted by atomic mass is 10.4. The fraction of sp³-hybridized carbons (Fsp3) is 0.308. The van der Waals surface area contributed by atoms with E-state index in [2.05, 4.69) is 37.9 Å². The molecular formula is C13H16BrN3O3S. The SMILES string of the molecule is CCCNCc1ccc(S(=O)(=O)Nc2ccncc2Br)o1. The van der Waals surface area contributed by atoms with E-state index in [1.54, 1.807) is 12.1 Å². The number of nitrogens with zero attached hydrogens (tertiary/aromatic N) is 1. The van der Waals surface area contributed by atoms with Crippen LogP contribution in [0.3, 0.4) is 0 Å². The third-order valence-corrected chi connectivity index (χ3v) is 4.51. The minimum absolute atomic E-state index is 0.112. The molecule has 0 radical (unpaired) electrons. The van der Waals surface area contributed by atoms with Gasteiger partial charge in [0, 0.05) is 12.4 Å². The Balaban J connectivity index is 2.11. The predicted molar refractivity (Wildman–Crippen MR) is 83.5 cm³/mol. The first-order chi connectivity index (χ1) is 10.0. The molecule has 0 atom stereocenters. The standard InChI is InChI=1S/C13H16BrN3O3S/c1-2-6-15-8-10-3-4-13(20-10)21(18,19)17-12-5-7-16-9-11(12)14/h3-5,7,9,15H,2,6,8H2,1H3,(H,16,17). The van der Waals surface area contributed by atoms with Crippen molar-refractivity contribution < 1.29 is 12.8 Å². The predicted octanol–water partition coefficient (Wildman–Crippen LogP) is 2.74. The quantitative estimate of drug-likeness (QED) is 0.728. The van der Waals surface area contributed by atoms with Gasteiger partial charge in [-0.2, -0.15) is 8.42 Å². The van der Waals surface area contributed by atoms with Crippen LogP contribution in [-0.4, -0.2) is 19.9 Å². The average molecular weight is 374 g/mol. The van der Waals surface area contributed by atoms with E-state index in [-0.39, 0.29) is 5.09 Å². The second-order valence-corrected chi connectivity index (χ2v) is 6.83. The van der Waals surface area contributed by atoms with E-state index in [9.17, 15) is 8.42 Å². The summed E-state index contributed by atoms with van der Waals surface area (Å²) in [5.74, 6) is 0.581. The number of pyridine rings is 1. The lowest BCUT2D eigenvalue weighted by Crippen LogP contribution is -2.14. The number of rotatable bonds is 7. The molecule has 0 spiro atoms. The van der Waals surface area contributed by atoms with E-state index in [0.717, 1.165) is 13.0 Å². The third-order valence-electron chi connectivity index (χ3n) is 2.64. The number of aromatic nitrogens is 1. The van der Waals surface area contributed by atoms with Crippen LogP contribution < -0.4 is 10.0 Å². The summed E-state index contributed by atoms with van der Waals surface area (Å²) in [6.45, 7) is 3.41. The van der Waals surface area contributed by atoms with Gasteiger partial charge in [0.15, 0.2) is 0 Å². The Kier molecular flexibility index (Phi) is 5.38. The summed E-state index contributed by atoms with van der Waals surface area (Å²) in [4.78, 5) is 3.88. The van der Waals surface area contributed by atoms with Crippen molar-refractivity contribution in [2.75, 3.05) is 11.3 Å². The zero-order valence-corrected chi connectivity index (χ0v) is 13.9. The summed E-state index contributed by atoms with van der Waals surface area (Å²) in [7, 11) is -3.75. The zero-order chi connectivity index (χ0) is 15.3. The van der Waals surface area contributed by atoms with Crippen molar-refractivity contribution in [3.8, 4) is 0 Å². The maximum Gasteiger partial charge on any atom is 0.295 e. The monoisotopic (exact) mass is 373 g/mol. The Morgan fingerprint density at radius 2 is 2.14 bits per heavy atom. The Morgan fingerprint density at radius 3 is 2.86 bits per heavy atom. The summed E-state index contributed by atoms with van der Waals surface area (Å²) in [6.07, 6.45) is 4.02. The van der Waals surface area contributed by atoms with E-state index in [4.69, 9.17) is 4.42 Å². The van der Waals surface area contributed by atoms with Crippen molar-refractivity contribution >= 4 is 31.6 Å². The van der Waals surface area contributed by atoms with Gasteiger partial charge in [-0.05, 0) is 47.1 Å². The van der Waals surface area contributed by atoms with Gasteiger partial charge in [0.05, 0.1) is 16.7 Å². The highest BCUT2D eigenvalue weighted by atomic mass is 79.9. The van der Waals surface area contributed by atoms with Gasteiger partial charge in [0.2, 0.25) is 5.09 Å². The Labute approximate surface area is 132 Å². The average Bonchev–Trinajstić information content (AvgIpc) is 2.91. The van der Waals surface area contributed by atoms with Crippen molar-refractivity contribution in [3.05, 3.63) is 40.8 Å². The second-order valence-electron chi connectivity index (χ2n) is 4.36. The summed E-state index contributed by atoms with van der Waals surface area (Å²) in [5, 5.41) is 3.04. The van der Waals surface area contributed by atoms with Crippen molar-refractivity contribution in [2.24, 2.45) is 0 Å². The van der Waals surface area contributed by atoms with Crippen LogP contribution in [-0.2, 0) is 16.6 Å². The first-order valence-electron chi connectivity index (χ1n) is 6.44. The van der Waals surface area contributed by atoms with Crippen molar-refractivity contribution in [3.63, 3.8) is 0 Å². The topological polar surface area (TPSA) is 84.2 Å². The van der Waals surface area contributed by atoms with Gasteiger partial charge < -0.3 is 9.73 Å². The molecule has 0 fully saturated rings. The molecule has 0 aliphatic heterocycles. The van der Waals surface area contributed by atoms with Crippen LogP contribution in [0.25, 0.3) is 0 Å². The number of hydrogen-bond acceptors (Lipinski definition) is 5. The minimum Gasteiger partial charge on any atom is -0.446 e. The molecule has 0 unspecified atom stereocenters. The molecule has 0 saturated carbocycles. The van der Waals surface area contributed by atoms with Crippen molar-refractivity contribution in [2.45, 2.75) is 25.0 Å². The molecule has 0 aliphatic carbocycles. The Morgan fingerprint density at radius 1 is 1.33 bits per heavy atom. The number of nitrogens with one attached hydrogen (secondary N) is 2. The van der Waals surface area contributed by atoms with E-state index in [1.807, 2.05) is 0 Å². The molecule has 114 valence electrons. The fourth-order valence-electron chi connectivity index (χ4n) is 1.64. The van der Waals surface area contributed by atoms with E-state index >= 15 is 0 Å². The van der Waals surface area contributed by atoms with Crippen molar-refractivity contribution in [1.29, 1.82) is 0 Å². The summed E-state index contributed by atoms with van der Waals surface area (Å²) >= 11 is 3.24. The number of halogens is 1. The third kappa shape index (κ3) is 4.29. The van der Waals surface area contributed by atoms with E-state index in [0.29, 0.717) is 22.5 Å². The lowest BCUT2D eigenvalue weighted by molar-refractivity contribution is 0.403. The lowest BCUT2D eigenvalue weighted by Gasteiger charge is -2.07. The molecule has 2 N–H and O–H groups in total. The number of furan rings is 1. The maximum absolute atomic E-state index is 12.2. The van der Waals surface area contributed by atoms with Gasteiger partial charge in [-0.15, -0.1) is 0 Å². The van der Waals surface area contributed by atoms with Gasteiger partial charge in [-0.3, -0.25) is 9.71 Å². The van der Waals surface area contributed by atoms with Gasteiger partial charge in [0.1, 0.15) is 5.76 Å². The number of anilines is 1. The van der Waals surface area contributed by atoms with E-state index < -0.39 is 10.0 Å². The first kappa shape index (κ1) is 16.0.